The summed E-state index contributed by atoms with van der Waals surface area (Å²) in [5.74, 6) is -1.03. The summed E-state index contributed by atoms with van der Waals surface area (Å²) < 4.78 is 4.76. The van der Waals surface area contributed by atoms with Crippen LogP contribution in [0.5, 0.6) is 0 Å². The van der Waals surface area contributed by atoms with Crippen LogP contribution in [0.1, 0.15) is 12.7 Å². The van der Waals surface area contributed by atoms with Gasteiger partial charge in [-0.3, -0.25) is 4.79 Å². The number of aromatic nitrogens is 1. The first-order chi connectivity index (χ1) is 7.59. The molecule has 88 valence electrons. The summed E-state index contributed by atoms with van der Waals surface area (Å²) in [6.45, 7) is 1.81. The van der Waals surface area contributed by atoms with Gasteiger partial charge in [0.1, 0.15) is 0 Å². The Hall–Kier alpha value is -2.05. The van der Waals surface area contributed by atoms with Gasteiger partial charge in [-0.25, -0.2) is 4.79 Å². The minimum absolute atomic E-state index is 0.0809. The molecule has 1 rings (SSSR count). The molecule has 0 fully saturated rings. The molecule has 1 atom stereocenters. The Kier molecular flexibility index (Phi) is 4.31. The number of carboxylic acids is 1. The third kappa shape index (κ3) is 3.99. The SMILES string of the molecule is CC(CNC(=O)NCc1ccno1)C(=O)O. The molecule has 7 heteroatoms. The second-order valence-electron chi connectivity index (χ2n) is 3.28. The highest BCUT2D eigenvalue weighted by atomic mass is 16.5. The molecule has 0 aromatic carbocycles. The molecule has 1 unspecified atom stereocenters. The number of rotatable bonds is 5. The first-order valence-corrected chi connectivity index (χ1v) is 4.73. The fourth-order valence-corrected chi connectivity index (χ4v) is 0.896. The molecule has 2 amide bonds. The van der Waals surface area contributed by atoms with Crippen LogP contribution >= 0.6 is 0 Å². The Morgan fingerprint density at radius 1 is 1.56 bits per heavy atom. The van der Waals surface area contributed by atoms with E-state index in [4.69, 9.17) is 9.63 Å². The lowest BCUT2D eigenvalue weighted by Gasteiger charge is -2.08. The zero-order valence-corrected chi connectivity index (χ0v) is 8.77. The quantitative estimate of drug-likeness (QED) is 0.666. The van der Waals surface area contributed by atoms with Crippen LogP contribution in [-0.2, 0) is 11.3 Å². The van der Waals surface area contributed by atoms with E-state index in [0.29, 0.717) is 5.76 Å². The largest absolute Gasteiger partial charge is 0.481 e. The van der Waals surface area contributed by atoms with Crippen molar-refractivity contribution < 1.29 is 19.2 Å². The third-order valence-corrected chi connectivity index (χ3v) is 1.90. The van der Waals surface area contributed by atoms with E-state index < -0.39 is 17.9 Å². The zero-order valence-electron chi connectivity index (χ0n) is 8.77. The molecular formula is C9H13N3O4. The maximum Gasteiger partial charge on any atom is 0.315 e. The van der Waals surface area contributed by atoms with E-state index in [9.17, 15) is 9.59 Å². The number of hydrogen-bond donors (Lipinski definition) is 3. The normalized spacial score (nSPS) is 11.8. The number of carboxylic acid groups (broad SMARTS) is 1. The van der Waals surface area contributed by atoms with Gasteiger partial charge in [0.15, 0.2) is 5.76 Å². The van der Waals surface area contributed by atoms with E-state index in [0.717, 1.165) is 0 Å². The molecule has 0 saturated heterocycles. The topological polar surface area (TPSA) is 104 Å². The molecule has 0 spiro atoms. The molecule has 0 aliphatic heterocycles. The molecule has 1 aromatic heterocycles. The van der Waals surface area contributed by atoms with Crippen LogP contribution in [0.25, 0.3) is 0 Å². The van der Waals surface area contributed by atoms with Crippen molar-refractivity contribution in [2.45, 2.75) is 13.5 Å². The average molecular weight is 227 g/mol. The summed E-state index contributed by atoms with van der Waals surface area (Å²) >= 11 is 0. The standard InChI is InChI=1S/C9H13N3O4/c1-6(8(13)14)4-10-9(15)11-5-7-2-3-12-16-7/h2-3,6H,4-5H2,1H3,(H,13,14)(H2,10,11,15). The Bertz CT molecular complexity index is 350. The molecule has 1 heterocycles. The van der Waals surface area contributed by atoms with Crippen molar-refractivity contribution >= 4 is 12.0 Å². The minimum Gasteiger partial charge on any atom is -0.481 e. The maximum atomic E-state index is 11.2. The molecule has 0 aliphatic rings. The Morgan fingerprint density at radius 3 is 2.88 bits per heavy atom. The highest BCUT2D eigenvalue weighted by Gasteiger charge is 2.11. The van der Waals surface area contributed by atoms with Gasteiger partial charge in [0.25, 0.3) is 0 Å². The third-order valence-electron chi connectivity index (χ3n) is 1.90. The molecule has 7 nitrogen and oxygen atoms in total. The van der Waals surface area contributed by atoms with Crippen molar-refractivity contribution in [3.8, 4) is 0 Å². The van der Waals surface area contributed by atoms with Gasteiger partial charge in [-0.1, -0.05) is 12.1 Å². The van der Waals surface area contributed by atoms with Crippen LogP contribution in [-0.4, -0.2) is 28.8 Å². The molecule has 0 aliphatic carbocycles. The number of nitrogens with one attached hydrogen (secondary N) is 2. The van der Waals surface area contributed by atoms with Crippen LogP contribution < -0.4 is 10.6 Å². The number of urea groups is 1. The lowest BCUT2D eigenvalue weighted by atomic mass is 10.2. The predicted octanol–water partition coefficient (Wildman–Crippen LogP) is 0.194. The summed E-state index contributed by atoms with van der Waals surface area (Å²) in [5.41, 5.74) is 0. The molecule has 1 aromatic rings. The number of aliphatic carboxylic acids is 1. The van der Waals surface area contributed by atoms with Crippen molar-refractivity contribution in [1.82, 2.24) is 15.8 Å². The van der Waals surface area contributed by atoms with E-state index in [1.165, 1.54) is 13.1 Å². The van der Waals surface area contributed by atoms with Gasteiger partial charge in [-0.2, -0.15) is 0 Å². The van der Waals surface area contributed by atoms with E-state index in [1.54, 1.807) is 6.07 Å². The highest BCUT2D eigenvalue weighted by molar-refractivity contribution is 5.75. The molecule has 0 bridgehead atoms. The van der Waals surface area contributed by atoms with Crippen molar-refractivity contribution in [3.05, 3.63) is 18.0 Å². The second-order valence-corrected chi connectivity index (χ2v) is 3.28. The zero-order chi connectivity index (χ0) is 12.0. The number of carbonyl (C=O) groups excluding carboxylic acids is 1. The van der Waals surface area contributed by atoms with Crippen molar-refractivity contribution in [2.75, 3.05) is 6.54 Å². The van der Waals surface area contributed by atoms with Gasteiger partial charge in [-0.05, 0) is 0 Å². The van der Waals surface area contributed by atoms with E-state index in [1.807, 2.05) is 0 Å². The Labute approximate surface area is 91.8 Å². The summed E-state index contributed by atoms with van der Waals surface area (Å²) in [4.78, 5) is 21.6. The first kappa shape index (κ1) is 12.0. The van der Waals surface area contributed by atoms with Gasteiger partial charge in [0.05, 0.1) is 18.7 Å². The fourth-order valence-electron chi connectivity index (χ4n) is 0.896. The van der Waals surface area contributed by atoms with Crippen LogP contribution in [0.15, 0.2) is 16.8 Å². The van der Waals surface area contributed by atoms with E-state index >= 15 is 0 Å². The average Bonchev–Trinajstić information content (AvgIpc) is 2.75. The maximum absolute atomic E-state index is 11.2. The van der Waals surface area contributed by atoms with Gasteiger partial charge in [0, 0.05) is 12.6 Å². The molecule has 0 saturated carbocycles. The molecule has 16 heavy (non-hydrogen) atoms. The Morgan fingerprint density at radius 2 is 2.31 bits per heavy atom. The van der Waals surface area contributed by atoms with Crippen molar-refractivity contribution in [2.24, 2.45) is 5.92 Å². The fraction of sp³-hybridized carbons (Fsp3) is 0.444. The van der Waals surface area contributed by atoms with Crippen molar-refractivity contribution in [1.29, 1.82) is 0 Å². The van der Waals surface area contributed by atoms with Crippen molar-refractivity contribution in [3.63, 3.8) is 0 Å². The Balaban J connectivity index is 2.19. The lowest BCUT2D eigenvalue weighted by molar-refractivity contribution is -0.140. The van der Waals surface area contributed by atoms with Crippen LogP contribution in [0.2, 0.25) is 0 Å². The van der Waals surface area contributed by atoms with Gasteiger partial charge in [-0.15, -0.1) is 0 Å². The van der Waals surface area contributed by atoms with Gasteiger partial charge >= 0.3 is 12.0 Å². The molecule has 3 N–H and O–H groups in total. The smallest absolute Gasteiger partial charge is 0.315 e. The molecule has 0 radical (unpaired) electrons. The summed E-state index contributed by atoms with van der Waals surface area (Å²) in [7, 11) is 0. The monoisotopic (exact) mass is 227 g/mol. The number of amides is 2. The van der Waals surface area contributed by atoms with Crippen LogP contribution in [0.3, 0.4) is 0 Å². The second kappa shape index (κ2) is 5.74. The number of nitrogens with zero attached hydrogens (tertiary/aromatic N) is 1. The summed E-state index contributed by atoms with van der Waals surface area (Å²) in [6.07, 6.45) is 1.47. The van der Waals surface area contributed by atoms with E-state index in [-0.39, 0.29) is 13.1 Å². The summed E-state index contributed by atoms with van der Waals surface area (Å²) in [5, 5.41) is 17.0. The number of hydrogen-bond acceptors (Lipinski definition) is 4. The predicted molar refractivity (Wildman–Crippen MR) is 53.5 cm³/mol. The lowest BCUT2D eigenvalue weighted by Crippen LogP contribution is -2.38. The summed E-state index contributed by atoms with van der Waals surface area (Å²) in [6, 6.07) is 1.18. The van der Waals surface area contributed by atoms with Crippen LogP contribution in [0.4, 0.5) is 4.79 Å². The number of carbonyl (C=O) groups is 2. The molecular weight excluding hydrogens is 214 g/mol. The van der Waals surface area contributed by atoms with Gasteiger partial charge < -0.3 is 20.3 Å². The van der Waals surface area contributed by atoms with Crippen LogP contribution in [0, 0.1) is 5.92 Å². The minimum atomic E-state index is -0.949. The van der Waals surface area contributed by atoms with E-state index in [2.05, 4.69) is 15.8 Å². The first-order valence-electron chi connectivity index (χ1n) is 4.73. The highest BCUT2D eigenvalue weighted by Crippen LogP contribution is 1.95. The van der Waals surface area contributed by atoms with Gasteiger partial charge in [0.2, 0.25) is 0 Å².